The summed E-state index contributed by atoms with van der Waals surface area (Å²) in [6, 6.07) is 17.8. The van der Waals surface area contributed by atoms with Gasteiger partial charge in [0, 0.05) is 73.5 Å². The number of rotatable bonds is 16. The number of aliphatic hydroxyl groups excluding tert-OH is 1. The Morgan fingerprint density at radius 2 is 1.58 bits per heavy atom. The van der Waals surface area contributed by atoms with E-state index in [0.29, 0.717) is 31.9 Å². The van der Waals surface area contributed by atoms with Gasteiger partial charge in [0.2, 0.25) is 17.7 Å². The summed E-state index contributed by atoms with van der Waals surface area (Å²) >= 11 is 1.57. The SMILES string of the molecule is Cc1ncsc1-c1ccc(C(C)NC(=O)[C@@H]2C[C@@H](O)CN2C(=O)[C@@H](NC(=O)CN2CCN(CC3(Cc4ccc(C(=O)N[C@H]5C(C)(C)[C@H](Oc6ccc(C#N)c(C(F)(F)F)c6)C5(C)C)cc4)COC3)CC2)C(C)(C)C)cc1. The molecule has 1 saturated carbocycles. The van der Waals surface area contributed by atoms with Gasteiger partial charge >= 0.3 is 6.18 Å². The maximum atomic E-state index is 14.3. The van der Waals surface area contributed by atoms with Gasteiger partial charge in [-0.05, 0) is 72.7 Å². The molecule has 76 heavy (non-hydrogen) atoms. The third-order valence-corrected chi connectivity index (χ3v) is 16.8. The number of piperazine rings is 1. The molecule has 3 aromatic carbocycles. The molecule has 19 heteroatoms. The summed E-state index contributed by atoms with van der Waals surface area (Å²) in [6.07, 6.45) is -5.30. The molecule has 0 bridgehead atoms. The van der Waals surface area contributed by atoms with Gasteiger partial charge in [0.25, 0.3) is 5.91 Å². The van der Waals surface area contributed by atoms with Crippen molar-refractivity contribution in [3.63, 3.8) is 0 Å². The number of nitrogens with zero attached hydrogens (tertiary/aromatic N) is 5. The second-order valence-corrected chi connectivity index (χ2v) is 24.5. The third-order valence-electron chi connectivity index (χ3n) is 15.8. The first-order valence-corrected chi connectivity index (χ1v) is 26.9. The zero-order chi connectivity index (χ0) is 55.1. The van der Waals surface area contributed by atoms with E-state index in [0.717, 1.165) is 65.4 Å². The maximum absolute atomic E-state index is 14.3. The average molecular weight is 1070 g/mol. The van der Waals surface area contributed by atoms with E-state index >= 15 is 0 Å². The highest BCUT2D eigenvalue weighted by molar-refractivity contribution is 7.13. The van der Waals surface area contributed by atoms with E-state index in [-0.39, 0.29) is 60.5 Å². The normalized spacial score (nSPS) is 23.0. The zero-order valence-electron chi connectivity index (χ0n) is 44.8. The Morgan fingerprint density at radius 1 is 0.934 bits per heavy atom. The van der Waals surface area contributed by atoms with Crippen LogP contribution >= 0.6 is 11.3 Å². The minimum Gasteiger partial charge on any atom is -0.489 e. The van der Waals surface area contributed by atoms with Crippen molar-refractivity contribution >= 4 is 35.0 Å². The minimum absolute atomic E-state index is 0.00301. The first-order valence-electron chi connectivity index (χ1n) is 26.0. The van der Waals surface area contributed by atoms with Crippen LogP contribution in [0.25, 0.3) is 10.4 Å². The topological polar surface area (TPSA) is 189 Å². The number of likely N-dealkylation sites (tertiary alicyclic amines) is 1. The van der Waals surface area contributed by atoms with Crippen LogP contribution < -0.4 is 20.7 Å². The summed E-state index contributed by atoms with van der Waals surface area (Å²) in [7, 11) is 0. The van der Waals surface area contributed by atoms with E-state index in [9.17, 15) is 42.7 Å². The van der Waals surface area contributed by atoms with E-state index in [1.165, 1.54) is 11.0 Å². The lowest BCUT2D eigenvalue weighted by atomic mass is 9.49. The van der Waals surface area contributed by atoms with Crippen LogP contribution in [-0.4, -0.2) is 138 Å². The molecule has 4 heterocycles. The van der Waals surface area contributed by atoms with Crippen LogP contribution in [0.4, 0.5) is 13.2 Å². The van der Waals surface area contributed by atoms with E-state index in [4.69, 9.17) is 9.47 Å². The van der Waals surface area contributed by atoms with Crippen LogP contribution in [0.3, 0.4) is 0 Å². The number of aryl methyl sites for hydroxylation is 1. The van der Waals surface area contributed by atoms with Crippen LogP contribution in [0.15, 0.2) is 72.2 Å². The van der Waals surface area contributed by atoms with Crippen LogP contribution in [0.5, 0.6) is 5.75 Å². The number of β-amino-alcohol motifs (C(OH)–C–C–N with tert-alkyl or cyclic N) is 1. The molecule has 4 atom stereocenters. The number of aromatic nitrogens is 1. The summed E-state index contributed by atoms with van der Waals surface area (Å²) in [5.41, 5.74) is 2.61. The van der Waals surface area contributed by atoms with Crippen molar-refractivity contribution in [1.29, 1.82) is 5.26 Å². The molecular formula is C57H71F3N8O7S. The number of thiazole rings is 1. The van der Waals surface area contributed by atoms with Gasteiger partial charge < -0.3 is 40.3 Å². The molecule has 4 N–H and O–H groups in total. The fourth-order valence-corrected chi connectivity index (χ4v) is 12.7. The van der Waals surface area contributed by atoms with Gasteiger partial charge in [0.05, 0.1) is 65.2 Å². The highest BCUT2D eigenvalue weighted by atomic mass is 32.1. The molecule has 4 amide bonds. The molecule has 408 valence electrons. The smallest absolute Gasteiger partial charge is 0.417 e. The Balaban J connectivity index is 0.800. The molecule has 3 aliphatic heterocycles. The summed E-state index contributed by atoms with van der Waals surface area (Å²) in [4.78, 5) is 66.8. The van der Waals surface area contributed by atoms with Gasteiger partial charge in [-0.3, -0.25) is 24.1 Å². The molecule has 3 saturated heterocycles. The molecule has 4 aliphatic rings. The molecule has 0 spiro atoms. The third kappa shape index (κ3) is 12.1. The number of aliphatic hydroxyl groups is 1. The van der Waals surface area contributed by atoms with E-state index in [1.54, 1.807) is 29.5 Å². The number of nitrogens with one attached hydrogen (secondary N) is 3. The number of halogens is 3. The lowest BCUT2D eigenvalue weighted by Gasteiger charge is -2.63. The minimum atomic E-state index is -4.72. The standard InChI is InChI=1S/C57H71F3N8O7S/c1-34(37-14-16-38(17-15-37)46-35(2)62-33-76-46)63-49(72)44-24-41(69)28-68(44)50(73)47(53(3,4)5)64-45(70)29-66-20-22-67(23-21-66)30-56(31-74-32-56)26-36-10-12-39(13-11-36)48(71)65-51-54(6,7)52(55(51,8)9)75-42-19-18-40(27-61)43(25-42)57(58,59)60/h10-19,25,33-34,41,44,47,51-52,69H,20-24,26,28-32H2,1-9H3,(H,63,72)(H,64,70)(H,65,71)/t34?,41-,44+,47-,51-,52-/m1/s1. The molecule has 15 nitrogen and oxygen atoms in total. The number of ether oxygens (including phenoxy) is 2. The number of benzene rings is 3. The first-order chi connectivity index (χ1) is 35.7. The van der Waals surface area contributed by atoms with Gasteiger partial charge in [-0.15, -0.1) is 11.3 Å². The van der Waals surface area contributed by atoms with Crippen molar-refractivity contribution < 1.29 is 46.9 Å². The van der Waals surface area contributed by atoms with E-state index in [2.05, 4.69) is 30.7 Å². The second kappa shape index (κ2) is 21.8. The molecule has 1 unspecified atom stereocenters. The van der Waals surface area contributed by atoms with Crippen LogP contribution in [0.1, 0.15) is 106 Å². The van der Waals surface area contributed by atoms with Crippen molar-refractivity contribution in [1.82, 2.24) is 35.6 Å². The number of alkyl halides is 3. The Hall–Kier alpha value is -5.91. The number of carbonyl (C=O) groups is 4. The summed E-state index contributed by atoms with van der Waals surface area (Å²) in [6.45, 7) is 21.9. The highest BCUT2D eigenvalue weighted by Gasteiger charge is 2.64. The van der Waals surface area contributed by atoms with E-state index < -0.39 is 63.7 Å². The van der Waals surface area contributed by atoms with Crippen LogP contribution in [0, 0.1) is 39.9 Å². The predicted octanol–water partition coefficient (Wildman–Crippen LogP) is 7.17. The number of amides is 4. The summed E-state index contributed by atoms with van der Waals surface area (Å²) in [5.74, 6) is -1.34. The molecule has 8 rings (SSSR count). The Morgan fingerprint density at radius 3 is 2.14 bits per heavy atom. The van der Waals surface area contributed by atoms with Gasteiger partial charge in [-0.1, -0.05) is 84.9 Å². The molecular weight excluding hydrogens is 998 g/mol. The first kappa shape index (κ1) is 56.3. The molecule has 4 fully saturated rings. The van der Waals surface area contributed by atoms with Crippen LogP contribution in [0.2, 0.25) is 0 Å². The molecule has 1 aromatic heterocycles. The fraction of sp³-hybridized carbons (Fsp3) is 0.544. The number of nitriles is 1. The average Bonchev–Trinajstić information content (AvgIpc) is 3.98. The van der Waals surface area contributed by atoms with Gasteiger partial charge in [-0.25, -0.2) is 4.98 Å². The lowest BCUT2D eigenvalue weighted by Crippen LogP contribution is -2.74. The largest absolute Gasteiger partial charge is 0.489 e. The number of hydrogen-bond donors (Lipinski definition) is 4. The predicted molar refractivity (Wildman–Crippen MR) is 282 cm³/mol. The number of hydrogen-bond acceptors (Lipinski definition) is 12. The summed E-state index contributed by atoms with van der Waals surface area (Å²) in [5, 5.41) is 29.2. The van der Waals surface area contributed by atoms with Gasteiger partial charge in [0.15, 0.2) is 0 Å². The maximum Gasteiger partial charge on any atom is 0.417 e. The van der Waals surface area contributed by atoms with Crippen molar-refractivity contribution in [3.05, 3.63) is 106 Å². The van der Waals surface area contributed by atoms with Crippen molar-refractivity contribution in [2.75, 3.05) is 59.0 Å². The molecule has 0 radical (unpaired) electrons. The Labute approximate surface area is 447 Å². The van der Waals surface area contributed by atoms with Crippen LogP contribution in [-0.2, 0) is 31.7 Å². The number of carbonyl (C=O) groups excluding carboxylic acids is 4. The monoisotopic (exact) mass is 1070 g/mol. The van der Waals surface area contributed by atoms with E-state index in [1.807, 2.05) is 104 Å². The Kier molecular flexibility index (Phi) is 16.2. The van der Waals surface area contributed by atoms with Crippen molar-refractivity contribution in [3.8, 4) is 22.3 Å². The Bertz CT molecular complexity index is 2800. The van der Waals surface area contributed by atoms with Gasteiger partial charge in [0.1, 0.15) is 23.9 Å². The molecule has 1 aliphatic carbocycles. The van der Waals surface area contributed by atoms with Gasteiger partial charge in [-0.2, -0.15) is 18.4 Å². The quantitative estimate of drug-likeness (QED) is 0.0891. The lowest BCUT2D eigenvalue weighted by molar-refractivity contribution is -0.164. The summed E-state index contributed by atoms with van der Waals surface area (Å²) < 4.78 is 53.0. The van der Waals surface area contributed by atoms with Crippen molar-refractivity contribution in [2.45, 2.75) is 118 Å². The fourth-order valence-electron chi connectivity index (χ4n) is 11.9. The second-order valence-electron chi connectivity index (χ2n) is 23.7. The highest BCUT2D eigenvalue weighted by Crippen LogP contribution is 2.56. The van der Waals surface area contributed by atoms with Crippen molar-refractivity contribution in [2.24, 2.45) is 21.7 Å². The molecule has 4 aromatic rings. The zero-order valence-corrected chi connectivity index (χ0v) is 45.7.